The molecule has 0 aliphatic carbocycles. The van der Waals surface area contributed by atoms with Gasteiger partial charge in [0.2, 0.25) is 0 Å². The lowest BCUT2D eigenvalue weighted by Gasteiger charge is -2.14. The smallest absolute Gasteiger partial charge is 0.272 e. The van der Waals surface area contributed by atoms with Gasteiger partial charge in [-0.3, -0.25) is 14.8 Å². The summed E-state index contributed by atoms with van der Waals surface area (Å²) in [6.07, 6.45) is 3.62. The predicted octanol–water partition coefficient (Wildman–Crippen LogP) is 4.15. The molecule has 7 heteroatoms. The molecule has 0 spiro atoms. The van der Waals surface area contributed by atoms with E-state index in [0.717, 1.165) is 17.2 Å². The first-order chi connectivity index (χ1) is 12.0. The highest BCUT2D eigenvalue weighted by Crippen LogP contribution is 2.24. The van der Waals surface area contributed by atoms with Gasteiger partial charge in [-0.1, -0.05) is 30.3 Å². The number of nitrogens with zero attached hydrogens (tertiary/aromatic N) is 3. The average molecular weight is 340 g/mol. The van der Waals surface area contributed by atoms with E-state index < -0.39 is 10.7 Å². The number of hydrogen-bond acceptors (Lipinski definition) is 4. The van der Waals surface area contributed by atoms with Crippen LogP contribution < -0.4 is 5.32 Å². The molecular formula is C18H17FN4O2. The molecule has 3 aromatic rings. The van der Waals surface area contributed by atoms with Crippen LogP contribution in [0.15, 0.2) is 60.9 Å². The number of hydrogen-bond donors (Lipinski definition) is 1. The maximum atomic E-state index is 14.0. The molecule has 0 bridgehead atoms. The van der Waals surface area contributed by atoms with E-state index in [1.165, 1.54) is 12.1 Å². The molecule has 0 aliphatic heterocycles. The van der Waals surface area contributed by atoms with E-state index in [4.69, 9.17) is 0 Å². The molecule has 1 unspecified atom stereocenters. The maximum absolute atomic E-state index is 14.0. The zero-order chi connectivity index (χ0) is 17.8. The summed E-state index contributed by atoms with van der Waals surface area (Å²) in [4.78, 5) is 10.0. The standard InChI is InChI=1S/C18H17FN4O2/c1-13(21-18-8-7-16(23(24)25)9-17(18)19)15-10-20-22(12-15)11-14-5-3-2-4-6-14/h2-10,12-13,21H,11H2,1H3. The normalized spacial score (nSPS) is 11.9. The van der Waals surface area contributed by atoms with Crippen molar-refractivity contribution >= 4 is 11.4 Å². The minimum absolute atomic E-state index is 0.194. The fraction of sp³-hybridized carbons (Fsp3) is 0.167. The molecule has 25 heavy (non-hydrogen) atoms. The lowest BCUT2D eigenvalue weighted by atomic mass is 10.1. The van der Waals surface area contributed by atoms with E-state index in [0.29, 0.717) is 6.54 Å². The molecule has 0 amide bonds. The summed E-state index contributed by atoms with van der Waals surface area (Å²) in [6.45, 7) is 2.53. The number of nitro benzene ring substituents is 1. The quantitative estimate of drug-likeness (QED) is 0.540. The number of non-ortho nitro benzene ring substituents is 1. The van der Waals surface area contributed by atoms with Crippen molar-refractivity contribution < 1.29 is 9.31 Å². The first-order valence-electron chi connectivity index (χ1n) is 7.79. The van der Waals surface area contributed by atoms with E-state index in [2.05, 4.69) is 10.4 Å². The molecule has 2 aromatic carbocycles. The van der Waals surface area contributed by atoms with E-state index in [9.17, 15) is 14.5 Å². The molecule has 6 nitrogen and oxygen atoms in total. The second kappa shape index (κ2) is 7.12. The number of nitrogens with one attached hydrogen (secondary N) is 1. The Morgan fingerprint density at radius 1 is 1.28 bits per heavy atom. The molecule has 0 radical (unpaired) electrons. The van der Waals surface area contributed by atoms with Crippen LogP contribution in [0.3, 0.4) is 0 Å². The van der Waals surface area contributed by atoms with Gasteiger partial charge in [0.1, 0.15) is 0 Å². The molecule has 3 rings (SSSR count). The monoisotopic (exact) mass is 340 g/mol. The van der Waals surface area contributed by atoms with Gasteiger partial charge in [-0.15, -0.1) is 0 Å². The van der Waals surface area contributed by atoms with Crippen LogP contribution >= 0.6 is 0 Å². The van der Waals surface area contributed by atoms with Gasteiger partial charge in [-0.25, -0.2) is 4.39 Å². The van der Waals surface area contributed by atoms with Gasteiger partial charge in [0, 0.05) is 17.8 Å². The Kier molecular flexibility index (Phi) is 4.74. The Labute approximate surface area is 144 Å². The Hall–Kier alpha value is -3.22. The van der Waals surface area contributed by atoms with Gasteiger partial charge in [-0.2, -0.15) is 5.10 Å². The number of rotatable bonds is 6. The number of nitro groups is 1. The van der Waals surface area contributed by atoms with Crippen molar-refractivity contribution in [1.29, 1.82) is 0 Å². The van der Waals surface area contributed by atoms with Gasteiger partial charge in [0.25, 0.3) is 5.69 Å². The molecule has 0 saturated carbocycles. The van der Waals surface area contributed by atoms with Crippen LogP contribution in [0.2, 0.25) is 0 Å². The van der Waals surface area contributed by atoms with Gasteiger partial charge < -0.3 is 5.32 Å². The van der Waals surface area contributed by atoms with Gasteiger partial charge in [0.05, 0.1) is 35.5 Å². The number of halogens is 1. The van der Waals surface area contributed by atoms with Crippen LogP contribution in [0.1, 0.15) is 24.1 Å². The first-order valence-corrected chi connectivity index (χ1v) is 7.79. The van der Waals surface area contributed by atoms with Crippen LogP contribution in [0.25, 0.3) is 0 Å². The topological polar surface area (TPSA) is 73.0 Å². The molecule has 1 heterocycles. The highest BCUT2D eigenvalue weighted by Gasteiger charge is 2.14. The molecule has 0 aliphatic rings. The fourth-order valence-corrected chi connectivity index (χ4v) is 2.51. The third-order valence-electron chi connectivity index (χ3n) is 3.88. The summed E-state index contributed by atoms with van der Waals surface area (Å²) in [5, 5.41) is 18.0. The third kappa shape index (κ3) is 4.00. The van der Waals surface area contributed by atoms with Crippen molar-refractivity contribution in [2.24, 2.45) is 0 Å². The summed E-state index contributed by atoms with van der Waals surface area (Å²) >= 11 is 0. The highest BCUT2D eigenvalue weighted by molar-refractivity contribution is 5.51. The van der Waals surface area contributed by atoms with E-state index in [1.54, 1.807) is 6.20 Å². The van der Waals surface area contributed by atoms with E-state index in [1.807, 2.05) is 48.1 Å². The minimum atomic E-state index is -0.655. The first kappa shape index (κ1) is 16.6. The summed E-state index contributed by atoms with van der Waals surface area (Å²) in [6, 6.07) is 13.3. The summed E-state index contributed by atoms with van der Waals surface area (Å²) in [5.41, 5.74) is 1.98. The molecule has 0 saturated heterocycles. The SMILES string of the molecule is CC(Nc1ccc([N+](=O)[O-])cc1F)c1cnn(Cc2ccccc2)c1. The third-order valence-corrected chi connectivity index (χ3v) is 3.88. The number of benzene rings is 2. The van der Waals surface area contributed by atoms with Crippen LogP contribution in [0.4, 0.5) is 15.8 Å². The summed E-state index contributed by atoms with van der Waals surface area (Å²) < 4.78 is 15.8. The Morgan fingerprint density at radius 3 is 2.72 bits per heavy atom. The van der Waals surface area contributed by atoms with Crippen molar-refractivity contribution in [2.45, 2.75) is 19.5 Å². The van der Waals surface area contributed by atoms with Crippen LogP contribution in [-0.2, 0) is 6.54 Å². The van der Waals surface area contributed by atoms with Crippen molar-refractivity contribution in [2.75, 3.05) is 5.32 Å². The fourth-order valence-electron chi connectivity index (χ4n) is 2.51. The van der Waals surface area contributed by atoms with Gasteiger partial charge >= 0.3 is 0 Å². The number of aromatic nitrogens is 2. The van der Waals surface area contributed by atoms with E-state index >= 15 is 0 Å². The molecule has 0 fully saturated rings. The lowest BCUT2D eigenvalue weighted by Crippen LogP contribution is -2.07. The summed E-state index contributed by atoms with van der Waals surface area (Å²) in [5.74, 6) is -0.655. The molecule has 128 valence electrons. The van der Waals surface area contributed by atoms with Crippen LogP contribution in [0.5, 0.6) is 0 Å². The summed E-state index contributed by atoms with van der Waals surface area (Å²) in [7, 11) is 0. The Balaban J connectivity index is 1.69. The molecule has 1 aromatic heterocycles. The van der Waals surface area contributed by atoms with Gasteiger partial charge in [0.15, 0.2) is 5.82 Å². The Bertz CT molecular complexity index is 880. The van der Waals surface area contributed by atoms with Crippen molar-refractivity contribution in [3.05, 3.63) is 88.0 Å². The maximum Gasteiger partial charge on any atom is 0.272 e. The van der Waals surface area contributed by atoms with Crippen LogP contribution in [0, 0.1) is 15.9 Å². The van der Waals surface area contributed by atoms with Crippen LogP contribution in [-0.4, -0.2) is 14.7 Å². The van der Waals surface area contributed by atoms with Crippen molar-refractivity contribution in [1.82, 2.24) is 9.78 Å². The second-order valence-electron chi connectivity index (χ2n) is 5.74. The zero-order valence-electron chi connectivity index (χ0n) is 13.6. The van der Waals surface area contributed by atoms with Gasteiger partial charge in [-0.05, 0) is 18.6 Å². The molecule has 1 N–H and O–H groups in total. The molecule has 1 atom stereocenters. The van der Waals surface area contributed by atoms with E-state index in [-0.39, 0.29) is 17.4 Å². The Morgan fingerprint density at radius 2 is 2.04 bits per heavy atom. The minimum Gasteiger partial charge on any atom is -0.376 e. The molecular weight excluding hydrogens is 323 g/mol. The van der Waals surface area contributed by atoms with Crippen molar-refractivity contribution in [3.8, 4) is 0 Å². The predicted molar refractivity (Wildman–Crippen MR) is 92.9 cm³/mol. The average Bonchev–Trinajstić information content (AvgIpc) is 3.06. The number of anilines is 1. The second-order valence-corrected chi connectivity index (χ2v) is 5.74. The zero-order valence-corrected chi connectivity index (χ0v) is 13.6. The highest BCUT2D eigenvalue weighted by atomic mass is 19.1. The lowest BCUT2D eigenvalue weighted by molar-refractivity contribution is -0.385. The largest absolute Gasteiger partial charge is 0.376 e. The van der Waals surface area contributed by atoms with Crippen molar-refractivity contribution in [3.63, 3.8) is 0 Å².